The number of benzene rings is 1. The Kier molecular flexibility index (Phi) is 4.54. The molecule has 0 spiro atoms. The molecular formula is C15H16F3N3O. The molecule has 0 fully saturated rings. The predicted molar refractivity (Wildman–Crippen MR) is 76.3 cm³/mol. The summed E-state index contributed by atoms with van der Waals surface area (Å²) in [6.45, 7) is 1.85. The number of aryl methyl sites for hydroxylation is 1. The van der Waals surface area contributed by atoms with Gasteiger partial charge >= 0.3 is 6.18 Å². The summed E-state index contributed by atoms with van der Waals surface area (Å²) in [6, 6.07) is 9.33. The maximum atomic E-state index is 12.8. The molecule has 1 heterocycles. The Morgan fingerprint density at radius 3 is 2.55 bits per heavy atom. The van der Waals surface area contributed by atoms with E-state index < -0.39 is 17.8 Å². The van der Waals surface area contributed by atoms with Gasteiger partial charge in [-0.05, 0) is 11.5 Å². The van der Waals surface area contributed by atoms with Gasteiger partial charge in [0, 0.05) is 19.7 Å². The number of aromatic nitrogens is 2. The van der Waals surface area contributed by atoms with Gasteiger partial charge in [-0.3, -0.25) is 9.48 Å². The first-order valence-electron chi connectivity index (χ1n) is 6.73. The summed E-state index contributed by atoms with van der Waals surface area (Å²) in [5.74, 6) is -0.568. The molecule has 1 aromatic heterocycles. The molecule has 118 valence electrons. The van der Waals surface area contributed by atoms with Gasteiger partial charge in [-0.25, -0.2) is 0 Å². The minimum Gasteiger partial charge on any atom is -0.323 e. The van der Waals surface area contributed by atoms with Gasteiger partial charge in [0.1, 0.15) is 0 Å². The second-order valence-corrected chi connectivity index (χ2v) is 5.13. The summed E-state index contributed by atoms with van der Waals surface area (Å²) in [5, 5.41) is 5.65. The SMILES string of the molecule is C[C@@H](CC(=O)Nc1cn(C)nc1C(F)(F)F)c1ccccc1. The lowest BCUT2D eigenvalue weighted by molar-refractivity contribution is -0.140. The van der Waals surface area contributed by atoms with Crippen LogP contribution in [0.1, 0.15) is 30.5 Å². The minimum atomic E-state index is -4.60. The number of anilines is 1. The lowest BCUT2D eigenvalue weighted by Gasteiger charge is -2.12. The van der Waals surface area contributed by atoms with Crippen molar-refractivity contribution >= 4 is 11.6 Å². The predicted octanol–water partition coefficient (Wildman–Crippen LogP) is 3.57. The van der Waals surface area contributed by atoms with Crippen LogP contribution in [-0.2, 0) is 18.0 Å². The van der Waals surface area contributed by atoms with Crippen molar-refractivity contribution in [3.05, 3.63) is 47.8 Å². The van der Waals surface area contributed by atoms with Gasteiger partial charge in [-0.2, -0.15) is 18.3 Å². The van der Waals surface area contributed by atoms with E-state index in [2.05, 4.69) is 10.4 Å². The van der Waals surface area contributed by atoms with Gasteiger partial charge in [-0.1, -0.05) is 37.3 Å². The molecule has 0 aliphatic rings. The quantitative estimate of drug-likeness (QED) is 0.938. The van der Waals surface area contributed by atoms with Gasteiger partial charge in [0.2, 0.25) is 5.91 Å². The first-order chi connectivity index (χ1) is 10.3. The van der Waals surface area contributed by atoms with E-state index in [1.165, 1.54) is 7.05 Å². The molecule has 2 rings (SSSR count). The largest absolute Gasteiger partial charge is 0.437 e. The number of amides is 1. The van der Waals surface area contributed by atoms with Crippen LogP contribution in [0.3, 0.4) is 0 Å². The van der Waals surface area contributed by atoms with Gasteiger partial charge in [0.15, 0.2) is 5.69 Å². The van der Waals surface area contributed by atoms with E-state index >= 15 is 0 Å². The highest BCUT2D eigenvalue weighted by Crippen LogP contribution is 2.33. The molecule has 0 saturated heterocycles. The zero-order valence-electron chi connectivity index (χ0n) is 12.2. The van der Waals surface area contributed by atoms with Crippen LogP contribution in [0.15, 0.2) is 36.5 Å². The van der Waals surface area contributed by atoms with Crippen LogP contribution >= 0.6 is 0 Å². The molecule has 1 N–H and O–H groups in total. The van der Waals surface area contributed by atoms with Crippen LogP contribution in [0.5, 0.6) is 0 Å². The van der Waals surface area contributed by atoms with Gasteiger partial charge in [0.25, 0.3) is 0 Å². The van der Waals surface area contributed by atoms with Crippen molar-refractivity contribution in [2.24, 2.45) is 7.05 Å². The van der Waals surface area contributed by atoms with Gasteiger partial charge in [0.05, 0.1) is 5.69 Å². The number of carbonyl (C=O) groups is 1. The van der Waals surface area contributed by atoms with E-state index in [9.17, 15) is 18.0 Å². The number of nitrogens with zero attached hydrogens (tertiary/aromatic N) is 2. The number of alkyl halides is 3. The third kappa shape index (κ3) is 3.87. The minimum absolute atomic E-state index is 0.0905. The number of carbonyl (C=O) groups excluding carboxylic acids is 1. The Morgan fingerprint density at radius 2 is 1.95 bits per heavy atom. The van der Waals surface area contributed by atoms with Gasteiger partial charge < -0.3 is 5.32 Å². The summed E-state index contributed by atoms with van der Waals surface area (Å²) in [7, 11) is 1.37. The molecule has 7 heteroatoms. The Morgan fingerprint density at radius 1 is 1.32 bits per heavy atom. The van der Waals surface area contributed by atoms with Crippen LogP contribution in [0.4, 0.5) is 18.9 Å². The van der Waals surface area contributed by atoms with Crippen LogP contribution < -0.4 is 5.32 Å². The van der Waals surface area contributed by atoms with E-state index in [1.807, 2.05) is 37.3 Å². The number of rotatable bonds is 4. The molecule has 22 heavy (non-hydrogen) atoms. The van der Waals surface area contributed by atoms with E-state index in [4.69, 9.17) is 0 Å². The van der Waals surface area contributed by atoms with Crippen molar-refractivity contribution in [2.45, 2.75) is 25.4 Å². The van der Waals surface area contributed by atoms with Crippen molar-refractivity contribution in [1.82, 2.24) is 9.78 Å². The average Bonchev–Trinajstić information content (AvgIpc) is 2.80. The Balaban J connectivity index is 2.07. The van der Waals surface area contributed by atoms with Gasteiger partial charge in [-0.15, -0.1) is 0 Å². The van der Waals surface area contributed by atoms with Crippen LogP contribution in [0, 0.1) is 0 Å². The fourth-order valence-corrected chi connectivity index (χ4v) is 2.17. The Bertz CT molecular complexity index is 650. The van der Waals surface area contributed by atoms with E-state index in [1.54, 1.807) is 0 Å². The molecule has 1 aromatic carbocycles. The molecule has 0 unspecified atom stereocenters. The molecule has 0 saturated carbocycles. The first-order valence-corrected chi connectivity index (χ1v) is 6.73. The highest BCUT2D eigenvalue weighted by Gasteiger charge is 2.37. The van der Waals surface area contributed by atoms with Crippen LogP contribution in [-0.4, -0.2) is 15.7 Å². The molecule has 1 atom stereocenters. The van der Waals surface area contributed by atoms with E-state index in [0.717, 1.165) is 16.4 Å². The summed E-state index contributed by atoms with van der Waals surface area (Å²) in [4.78, 5) is 12.0. The number of halogens is 3. The van der Waals surface area contributed by atoms with E-state index in [-0.39, 0.29) is 18.0 Å². The third-order valence-corrected chi connectivity index (χ3v) is 3.23. The second-order valence-electron chi connectivity index (χ2n) is 5.13. The van der Waals surface area contributed by atoms with Crippen molar-refractivity contribution in [3.8, 4) is 0 Å². The maximum Gasteiger partial charge on any atom is 0.437 e. The molecule has 0 aliphatic carbocycles. The first kappa shape index (κ1) is 16.1. The average molecular weight is 311 g/mol. The molecule has 4 nitrogen and oxygen atoms in total. The van der Waals surface area contributed by atoms with Crippen molar-refractivity contribution in [2.75, 3.05) is 5.32 Å². The number of nitrogens with one attached hydrogen (secondary N) is 1. The number of hydrogen-bond donors (Lipinski definition) is 1. The highest BCUT2D eigenvalue weighted by molar-refractivity contribution is 5.91. The van der Waals surface area contributed by atoms with E-state index in [0.29, 0.717) is 0 Å². The molecule has 1 amide bonds. The maximum absolute atomic E-state index is 12.8. The molecule has 0 aliphatic heterocycles. The van der Waals surface area contributed by atoms with Crippen molar-refractivity contribution in [3.63, 3.8) is 0 Å². The summed E-state index contributed by atoms with van der Waals surface area (Å²) in [6.07, 6.45) is -3.36. The monoisotopic (exact) mass is 311 g/mol. The second kappa shape index (κ2) is 6.21. The zero-order chi connectivity index (χ0) is 16.3. The van der Waals surface area contributed by atoms with Crippen molar-refractivity contribution < 1.29 is 18.0 Å². The zero-order valence-corrected chi connectivity index (χ0v) is 12.2. The standard InChI is InChI=1S/C15H16F3N3O/c1-10(11-6-4-3-5-7-11)8-13(22)19-12-9-21(2)20-14(12)15(16,17)18/h3-7,9-10H,8H2,1-2H3,(H,19,22)/t10-/m0/s1. The molecule has 0 bridgehead atoms. The summed E-state index contributed by atoms with van der Waals surface area (Å²) in [5.41, 5.74) is -0.448. The fourth-order valence-electron chi connectivity index (χ4n) is 2.17. The Labute approximate surface area is 125 Å². The topological polar surface area (TPSA) is 46.9 Å². The normalized spacial score (nSPS) is 13.0. The summed E-state index contributed by atoms with van der Waals surface area (Å²) < 4.78 is 39.5. The smallest absolute Gasteiger partial charge is 0.323 e. The molecule has 0 radical (unpaired) electrons. The summed E-state index contributed by atoms with van der Waals surface area (Å²) >= 11 is 0. The van der Waals surface area contributed by atoms with Crippen molar-refractivity contribution in [1.29, 1.82) is 0 Å². The Hall–Kier alpha value is -2.31. The van der Waals surface area contributed by atoms with Crippen LogP contribution in [0.2, 0.25) is 0 Å². The number of hydrogen-bond acceptors (Lipinski definition) is 2. The fraction of sp³-hybridized carbons (Fsp3) is 0.333. The molecule has 2 aromatic rings. The lowest BCUT2D eigenvalue weighted by Crippen LogP contribution is -2.17. The third-order valence-electron chi connectivity index (χ3n) is 3.23. The highest BCUT2D eigenvalue weighted by atomic mass is 19.4. The molecular weight excluding hydrogens is 295 g/mol. The lowest BCUT2D eigenvalue weighted by atomic mass is 9.97. The van der Waals surface area contributed by atoms with Crippen LogP contribution in [0.25, 0.3) is 0 Å².